The van der Waals surface area contributed by atoms with E-state index in [1.165, 1.54) is 32.4 Å². The van der Waals surface area contributed by atoms with Gasteiger partial charge in [-0.1, -0.05) is 24.3 Å². The van der Waals surface area contributed by atoms with Gasteiger partial charge in [0, 0.05) is 0 Å². The third-order valence-electron chi connectivity index (χ3n) is 3.77. The highest BCUT2D eigenvalue weighted by atomic mass is 16.5. The molecule has 2 aromatic carbocycles. The maximum atomic E-state index is 11.9. The number of phenolic OH excluding ortho intramolecular Hbond substituents is 2. The highest BCUT2D eigenvalue weighted by molar-refractivity contribution is 6.02. The lowest BCUT2D eigenvalue weighted by Gasteiger charge is -2.05. The summed E-state index contributed by atoms with van der Waals surface area (Å²) in [4.78, 5) is 11.9. The molecular formula is C21H22O5. The summed E-state index contributed by atoms with van der Waals surface area (Å²) in [6.45, 7) is 0. The number of hydrogen-bond acceptors (Lipinski definition) is 5. The quantitative estimate of drug-likeness (QED) is 0.704. The molecule has 0 aliphatic rings. The van der Waals surface area contributed by atoms with E-state index in [0.717, 1.165) is 17.5 Å². The first-order valence-electron chi connectivity index (χ1n) is 8.15. The number of allylic oxidation sites excluding steroid dienone is 3. The summed E-state index contributed by atoms with van der Waals surface area (Å²) >= 11 is 0. The van der Waals surface area contributed by atoms with Crippen LogP contribution in [0.1, 0.15) is 17.5 Å². The van der Waals surface area contributed by atoms with Gasteiger partial charge in [0.15, 0.2) is 28.8 Å². The van der Waals surface area contributed by atoms with Crippen LogP contribution in [0.25, 0.3) is 6.08 Å². The predicted molar refractivity (Wildman–Crippen MR) is 101 cm³/mol. The van der Waals surface area contributed by atoms with Crippen molar-refractivity contribution < 1.29 is 24.5 Å². The molecule has 0 saturated carbocycles. The van der Waals surface area contributed by atoms with Crippen molar-refractivity contribution in [3.63, 3.8) is 0 Å². The third-order valence-corrected chi connectivity index (χ3v) is 3.77. The van der Waals surface area contributed by atoms with Gasteiger partial charge in [0.25, 0.3) is 0 Å². The first-order valence-corrected chi connectivity index (χ1v) is 8.15. The molecule has 0 amide bonds. The van der Waals surface area contributed by atoms with E-state index in [9.17, 15) is 15.0 Å². The fourth-order valence-corrected chi connectivity index (χ4v) is 2.36. The number of phenols is 2. The minimum Gasteiger partial charge on any atom is -0.504 e. The number of benzene rings is 2. The van der Waals surface area contributed by atoms with Crippen molar-refractivity contribution in [3.8, 4) is 23.0 Å². The molecule has 0 atom stereocenters. The van der Waals surface area contributed by atoms with Gasteiger partial charge in [-0.05, 0) is 60.4 Å². The van der Waals surface area contributed by atoms with Crippen molar-refractivity contribution in [2.24, 2.45) is 0 Å². The predicted octanol–water partition coefficient (Wildman–Crippen LogP) is 3.89. The number of aromatic hydroxyl groups is 2. The summed E-state index contributed by atoms with van der Waals surface area (Å²) in [5.41, 5.74) is 1.78. The number of hydrogen-bond donors (Lipinski definition) is 2. The third kappa shape index (κ3) is 5.41. The summed E-state index contributed by atoms with van der Waals surface area (Å²) in [6, 6.07) is 10.1. The van der Waals surface area contributed by atoms with Gasteiger partial charge in [0.2, 0.25) is 0 Å². The maximum Gasteiger partial charge on any atom is 0.178 e. The van der Waals surface area contributed by atoms with Gasteiger partial charge >= 0.3 is 0 Å². The Kier molecular flexibility index (Phi) is 6.85. The van der Waals surface area contributed by atoms with E-state index in [1.807, 2.05) is 12.1 Å². The fraction of sp³-hybridized carbons (Fsp3) is 0.190. The van der Waals surface area contributed by atoms with Gasteiger partial charge in [0.05, 0.1) is 14.2 Å². The van der Waals surface area contributed by atoms with Crippen molar-refractivity contribution in [2.75, 3.05) is 14.2 Å². The monoisotopic (exact) mass is 354 g/mol. The molecule has 0 unspecified atom stereocenters. The Morgan fingerprint density at radius 2 is 1.62 bits per heavy atom. The highest BCUT2D eigenvalue weighted by Crippen LogP contribution is 2.27. The molecule has 0 aromatic heterocycles. The van der Waals surface area contributed by atoms with Crippen molar-refractivity contribution in [2.45, 2.75) is 12.8 Å². The molecule has 2 rings (SSSR count). The lowest BCUT2D eigenvalue weighted by Crippen LogP contribution is -1.89. The van der Waals surface area contributed by atoms with Crippen LogP contribution < -0.4 is 9.47 Å². The van der Waals surface area contributed by atoms with Crippen LogP contribution in [0.2, 0.25) is 0 Å². The van der Waals surface area contributed by atoms with Crippen LogP contribution in [0, 0.1) is 0 Å². The molecule has 26 heavy (non-hydrogen) atoms. The fourth-order valence-electron chi connectivity index (χ4n) is 2.36. The second-order valence-corrected chi connectivity index (χ2v) is 5.61. The van der Waals surface area contributed by atoms with E-state index in [1.54, 1.807) is 30.3 Å². The van der Waals surface area contributed by atoms with Crippen LogP contribution in [0.15, 0.2) is 54.6 Å². The van der Waals surface area contributed by atoms with E-state index in [4.69, 9.17) is 9.47 Å². The Bertz CT molecular complexity index is 821. The summed E-state index contributed by atoms with van der Waals surface area (Å²) in [7, 11) is 2.98. The molecule has 0 aliphatic heterocycles. The SMILES string of the molecule is COc1cc(C=CC(=O)C=CCCc2ccc(O)c(OC)c2)ccc1O. The van der Waals surface area contributed by atoms with Crippen LogP contribution in [0.4, 0.5) is 0 Å². The average molecular weight is 354 g/mol. The van der Waals surface area contributed by atoms with Gasteiger partial charge in [-0.2, -0.15) is 0 Å². The molecule has 136 valence electrons. The molecule has 0 bridgehead atoms. The summed E-state index contributed by atoms with van der Waals surface area (Å²) < 4.78 is 10.1. The molecule has 0 fully saturated rings. The number of ketones is 1. The number of aryl methyl sites for hydroxylation is 1. The first kappa shape index (κ1) is 19.1. The van der Waals surface area contributed by atoms with E-state index in [-0.39, 0.29) is 17.3 Å². The maximum absolute atomic E-state index is 11.9. The van der Waals surface area contributed by atoms with Crippen LogP contribution in [-0.4, -0.2) is 30.2 Å². The van der Waals surface area contributed by atoms with E-state index >= 15 is 0 Å². The van der Waals surface area contributed by atoms with Gasteiger partial charge < -0.3 is 19.7 Å². The van der Waals surface area contributed by atoms with Gasteiger partial charge in [0.1, 0.15) is 0 Å². The topological polar surface area (TPSA) is 76.0 Å². The normalized spacial score (nSPS) is 11.2. The molecule has 0 spiro atoms. The van der Waals surface area contributed by atoms with Gasteiger partial charge in [-0.25, -0.2) is 0 Å². The van der Waals surface area contributed by atoms with E-state index in [0.29, 0.717) is 17.9 Å². The minimum absolute atomic E-state index is 0.0572. The van der Waals surface area contributed by atoms with E-state index in [2.05, 4.69) is 0 Å². The van der Waals surface area contributed by atoms with Crippen LogP contribution >= 0.6 is 0 Å². The largest absolute Gasteiger partial charge is 0.504 e. The zero-order valence-corrected chi connectivity index (χ0v) is 14.8. The van der Waals surface area contributed by atoms with Crippen LogP contribution in [-0.2, 0) is 11.2 Å². The number of carbonyl (C=O) groups is 1. The summed E-state index contributed by atoms with van der Waals surface area (Å²) in [6.07, 6.45) is 7.89. The Balaban J connectivity index is 1.87. The Morgan fingerprint density at radius 3 is 2.31 bits per heavy atom. The molecule has 0 radical (unpaired) electrons. The number of rotatable bonds is 8. The number of methoxy groups -OCH3 is 2. The van der Waals surface area contributed by atoms with Crippen molar-refractivity contribution in [1.82, 2.24) is 0 Å². The van der Waals surface area contributed by atoms with Gasteiger partial charge in [-0.3, -0.25) is 4.79 Å². The lowest BCUT2D eigenvalue weighted by molar-refractivity contribution is -0.110. The summed E-state index contributed by atoms with van der Waals surface area (Å²) in [5.74, 6) is 0.842. The van der Waals surface area contributed by atoms with Crippen molar-refractivity contribution >= 4 is 11.9 Å². The van der Waals surface area contributed by atoms with Crippen LogP contribution in [0.3, 0.4) is 0 Å². The molecule has 2 N–H and O–H groups in total. The van der Waals surface area contributed by atoms with Crippen LogP contribution in [0.5, 0.6) is 23.0 Å². The Hall–Kier alpha value is -3.21. The number of ether oxygens (including phenoxy) is 2. The second kappa shape index (κ2) is 9.32. The Labute approximate surface area is 152 Å². The van der Waals surface area contributed by atoms with Crippen molar-refractivity contribution in [1.29, 1.82) is 0 Å². The highest BCUT2D eigenvalue weighted by Gasteiger charge is 2.02. The summed E-state index contributed by atoms with van der Waals surface area (Å²) in [5, 5.41) is 19.1. The molecule has 5 heteroatoms. The second-order valence-electron chi connectivity index (χ2n) is 5.61. The Morgan fingerprint density at radius 1 is 0.962 bits per heavy atom. The number of carbonyl (C=O) groups excluding carboxylic acids is 1. The molecule has 0 saturated heterocycles. The zero-order valence-electron chi connectivity index (χ0n) is 14.8. The smallest absolute Gasteiger partial charge is 0.178 e. The van der Waals surface area contributed by atoms with Crippen molar-refractivity contribution in [3.05, 3.63) is 65.8 Å². The molecule has 0 heterocycles. The lowest BCUT2D eigenvalue weighted by atomic mass is 10.1. The standard InChI is InChI=1S/C21H22O5/c1-25-20-13-15(8-11-18(20)23)5-3-4-6-17(22)10-7-16-9-12-19(24)21(14-16)26-2/h4,6-14,23-24H,3,5H2,1-2H3. The zero-order chi connectivity index (χ0) is 18.9. The van der Waals surface area contributed by atoms with E-state index < -0.39 is 0 Å². The molecule has 2 aromatic rings. The molecule has 5 nitrogen and oxygen atoms in total. The first-order chi connectivity index (χ1) is 12.5. The molecule has 0 aliphatic carbocycles. The molecular weight excluding hydrogens is 332 g/mol. The minimum atomic E-state index is -0.125. The van der Waals surface area contributed by atoms with Gasteiger partial charge in [-0.15, -0.1) is 0 Å². The average Bonchev–Trinajstić information content (AvgIpc) is 2.65.